The van der Waals surface area contributed by atoms with Crippen molar-refractivity contribution in [3.8, 4) is 0 Å². The molecule has 0 aromatic heterocycles. The quantitative estimate of drug-likeness (QED) is 0.712. The predicted molar refractivity (Wildman–Crippen MR) is 78.4 cm³/mol. The lowest BCUT2D eigenvalue weighted by Gasteiger charge is -2.39. The minimum Gasteiger partial charge on any atom is -0.356 e. The molecule has 114 valence electrons. The molecule has 5 heteroatoms. The Labute approximate surface area is 121 Å². The maximum atomic E-state index is 12.4. The molecule has 2 atom stereocenters. The fourth-order valence-corrected chi connectivity index (χ4v) is 3.46. The number of urea groups is 1. The second-order valence-electron chi connectivity index (χ2n) is 5.91. The van der Waals surface area contributed by atoms with Crippen LogP contribution in [0.4, 0.5) is 4.79 Å². The second kappa shape index (κ2) is 7.50. The number of nitrogens with one attached hydrogen (secondary N) is 2. The largest absolute Gasteiger partial charge is 0.356 e. The minimum absolute atomic E-state index is 0.0286. The summed E-state index contributed by atoms with van der Waals surface area (Å²) in [6.07, 6.45) is 8.39. The van der Waals surface area contributed by atoms with Crippen LogP contribution in [-0.2, 0) is 4.79 Å². The fourth-order valence-electron chi connectivity index (χ4n) is 3.46. The molecule has 1 saturated heterocycles. The Morgan fingerprint density at radius 3 is 2.70 bits per heavy atom. The number of amides is 3. The van der Waals surface area contributed by atoms with E-state index < -0.39 is 0 Å². The van der Waals surface area contributed by atoms with E-state index in [1.807, 2.05) is 4.90 Å². The lowest BCUT2D eigenvalue weighted by Crippen LogP contribution is -2.53. The van der Waals surface area contributed by atoms with Crippen molar-refractivity contribution in [1.29, 1.82) is 0 Å². The zero-order valence-corrected chi connectivity index (χ0v) is 12.5. The second-order valence-corrected chi connectivity index (χ2v) is 5.91. The molecule has 1 heterocycles. The van der Waals surface area contributed by atoms with E-state index in [9.17, 15) is 9.59 Å². The monoisotopic (exact) mass is 281 g/mol. The van der Waals surface area contributed by atoms with Crippen molar-refractivity contribution < 1.29 is 9.59 Å². The maximum absolute atomic E-state index is 12.4. The average Bonchev–Trinajstić information content (AvgIpc) is 2.52. The van der Waals surface area contributed by atoms with Gasteiger partial charge in [-0.2, -0.15) is 0 Å². The topological polar surface area (TPSA) is 61.4 Å². The molecule has 1 saturated carbocycles. The first-order valence-electron chi connectivity index (χ1n) is 8.00. The van der Waals surface area contributed by atoms with E-state index in [1.54, 1.807) is 7.05 Å². The number of nitrogens with zero attached hydrogens (tertiary/aromatic N) is 1. The highest BCUT2D eigenvalue weighted by molar-refractivity contribution is 5.81. The first-order valence-corrected chi connectivity index (χ1v) is 8.00. The standard InChI is InChI=1S/C15H27N3O2/c1-16-15(20)18-11-7-3-2-6-10-17-14(19)12-8-4-5-9-13(12)18/h12-13H,2-11H2,1H3,(H,16,20)(H,17,19)/t12-,13+/m1/s1. The normalized spacial score (nSPS) is 28.9. The van der Waals surface area contributed by atoms with Gasteiger partial charge in [0.15, 0.2) is 0 Å². The highest BCUT2D eigenvalue weighted by Crippen LogP contribution is 2.29. The highest BCUT2D eigenvalue weighted by atomic mass is 16.2. The molecule has 2 rings (SSSR count). The van der Waals surface area contributed by atoms with E-state index in [-0.39, 0.29) is 23.9 Å². The summed E-state index contributed by atoms with van der Waals surface area (Å²) in [6.45, 7) is 1.55. The van der Waals surface area contributed by atoms with Crippen molar-refractivity contribution in [3.05, 3.63) is 0 Å². The number of carbonyl (C=O) groups is 2. The molecule has 0 bridgehead atoms. The Balaban J connectivity index is 2.17. The number of rotatable bonds is 0. The summed E-state index contributed by atoms with van der Waals surface area (Å²) in [5.74, 6) is 0.115. The van der Waals surface area contributed by atoms with Crippen LogP contribution in [0.3, 0.4) is 0 Å². The summed E-state index contributed by atoms with van der Waals surface area (Å²) in [5.41, 5.74) is 0. The SMILES string of the molecule is CNC(=O)N1CCCCCCNC(=O)[C@@H]2CCCC[C@@H]21. The number of hydrogen-bond acceptors (Lipinski definition) is 2. The van der Waals surface area contributed by atoms with E-state index in [4.69, 9.17) is 0 Å². The van der Waals surface area contributed by atoms with Crippen LogP contribution in [0.2, 0.25) is 0 Å². The minimum atomic E-state index is -0.0334. The third-order valence-electron chi connectivity index (χ3n) is 4.57. The molecule has 1 aliphatic heterocycles. The van der Waals surface area contributed by atoms with Crippen LogP contribution >= 0.6 is 0 Å². The van der Waals surface area contributed by atoms with Crippen molar-refractivity contribution in [1.82, 2.24) is 15.5 Å². The van der Waals surface area contributed by atoms with Gasteiger partial charge in [0.2, 0.25) is 5.91 Å². The van der Waals surface area contributed by atoms with Gasteiger partial charge in [0.1, 0.15) is 0 Å². The molecule has 1 aliphatic carbocycles. The molecule has 2 fully saturated rings. The molecule has 0 aromatic carbocycles. The van der Waals surface area contributed by atoms with Gasteiger partial charge in [0.05, 0.1) is 5.92 Å². The van der Waals surface area contributed by atoms with Crippen LogP contribution in [0.1, 0.15) is 51.4 Å². The number of hydrogen-bond donors (Lipinski definition) is 2. The highest BCUT2D eigenvalue weighted by Gasteiger charge is 2.36. The number of fused-ring (bicyclic) bond motifs is 1. The summed E-state index contributed by atoms with van der Waals surface area (Å²) >= 11 is 0. The summed E-state index contributed by atoms with van der Waals surface area (Å²) < 4.78 is 0. The van der Waals surface area contributed by atoms with Crippen molar-refractivity contribution >= 4 is 11.9 Å². The summed E-state index contributed by atoms with van der Waals surface area (Å²) in [5, 5.41) is 5.80. The van der Waals surface area contributed by atoms with Crippen molar-refractivity contribution in [2.75, 3.05) is 20.1 Å². The van der Waals surface area contributed by atoms with Gasteiger partial charge in [0, 0.05) is 26.2 Å². The van der Waals surface area contributed by atoms with Gasteiger partial charge in [-0.1, -0.05) is 25.7 Å². The van der Waals surface area contributed by atoms with E-state index in [0.29, 0.717) is 0 Å². The molecule has 0 unspecified atom stereocenters. The third-order valence-corrected chi connectivity index (χ3v) is 4.57. The summed E-state index contributed by atoms with van der Waals surface area (Å²) in [6, 6.07) is 0.0377. The van der Waals surface area contributed by atoms with Crippen LogP contribution in [0.15, 0.2) is 0 Å². The van der Waals surface area contributed by atoms with E-state index in [1.165, 1.54) is 0 Å². The molecule has 0 aromatic rings. The Kier molecular flexibility index (Phi) is 5.68. The molecule has 20 heavy (non-hydrogen) atoms. The van der Waals surface area contributed by atoms with Crippen LogP contribution in [0, 0.1) is 5.92 Å². The van der Waals surface area contributed by atoms with E-state index in [2.05, 4.69) is 10.6 Å². The van der Waals surface area contributed by atoms with Gasteiger partial charge in [-0.3, -0.25) is 4.79 Å². The number of carbonyl (C=O) groups excluding carboxylic acids is 2. The van der Waals surface area contributed by atoms with E-state index >= 15 is 0 Å². The van der Waals surface area contributed by atoms with Gasteiger partial charge >= 0.3 is 6.03 Å². The molecule has 2 N–H and O–H groups in total. The Morgan fingerprint density at radius 2 is 1.90 bits per heavy atom. The summed E-state index contributed by atoms with van der Waals surface area (Å²) in [7, 11) is 1.67. The van der Waals surface area contributed by atoms with Crippen molar-refractivity contribution in [2.45, 2.75) is 57.4 Å². The molecule has 5 nitrogen and oxygen atoms in total. The van der Waals surface area contributed by atoms with Crippen LogP contribution < -0.4 is 10.6 Å². The molecule has 0 spiro atoms. The zero-order valence-electron chi connectivity index (χ0n) is 12.5. The Bertz CT molecular complexity index is 346. The van der Waals surface area contributed by atoms with Gasteiger partial charge in [0.25, 0.3) is 0 Å². The molecule has 3 amide bonds. The van der Waals surface area contributed by atoms with Crippen molar-refractivity contribution in [2.24, 2.45) is 5.92 Å². The average molecular weight is 281 g/mol. The van der Waals surface area contributed by atoms with Crippen molar-refractivity contribution in [3.63, 3.8) is 0 Å². The molecular weight excluding hydrogens is 254 g/mol. The molecule has 0 radical (unpaired) electrons. The lowest BCUT2D eigenvalue weighted by molar-refractivity contribution is -0.127. The first kappa shape index (κ1) is 15.1. The predicted octanol–water partition coefficient (Wildman–Crippen LogP) is 1.88. The van der Waals surface area contributed by atoms with Gasteiger partial charge in [-0.05, 0) is 25.7 Å². The summed E-state index contributed by atoms with van der Waals surface area (Å²) in [4.78, 5) is 26.4. The third kappa shape index (κ3) is 3.64. The van der Waals surface area contributed by atoms with Crippen LogP contribution in [0.5, 0.6) is 0 Å². The van der Waals surface area contributed by atoms with Gasteiger partial charge in [-0.15, -0.1) is 0 Å². The van der Waals surface area contributed by atoms with Gasteiger partial charge < -0.3 is 15.5 Å². The maximum Gasteiger partial charge on any atom is 0.317 e. The van der Waals surface area contributed by atoms with Crippen LogP contribution in [0.25, 0.3) is 0 Å². The first-order chi connectivity index (χ1) is 9.74. The Hall–Kier alpha value is -1.26. The van der Waals surface area contributed by atoms with Crippen LogP contribution in [-0.4, -0.2) is 43.0 Å². The van der Waals surface area contributed by atoms with Gasteiger partial charge in [-0.25, -0.2) is 4.79 Å². The smallest absolute Gasteiger partial charge is 0.317 e. The van der Waals surface area contributed by atoms with E-state index in [0.717, 1.165) is 64.5 Å². The Morgan fingerprint density at radius 1 is 1.15 bits per heavy atom. The lowest BCUT2D eigenvalue weighted by atomic mass is 9.82. The zero-order chi connectivity index (χ0) is 14.4. The molecule has 2 aliphatic rings. The fraction of sp³-hybridized carbons (Fsp3) is 0.867. The molecular formula is C15H27N3O2.